The summed E-state index contributed by atoms with van der Waals surface area (Å²) in [5, 5.41) is 13.7. The molecule has 0 bridgehead atoms. The number of ether oxygens (including phenoxy) is 1. The number of aromatic amines is 1. The van der Waals surface area contributed by atoms with Crippen molar-refractivity contribution < 1.29 is 18.3 Å². The van der Waals surface area contributed by atoms with Gasteiger partial charge < -0.3 is 19.7 Å². The standard InChI is InChI=1S/C25H34N6O5S/c1-4-6-20-22-23(29(3)28-20)25(33)27-24(26-22)19-9-18(7-8-21(19)36-5-2)37(34,35)31-13-16(14-31)10-30-11-17(12-30)15-32/h7-9,16-17,32H,4-6,10-15H2,1-3H3,(H,26,27,33). The van der Waals surface area contributed by atoms with Crippen molar-refractivity contribution in [3.05, 3.63) is 34.2 Å². The van der Waals surface area contributed by atoms with E-state index in [1.807, 2.05) is 13.8 Å². The third-order valence-electron chi connectivity index (χ3n) is 7.12. The van der Waals surface area contributed by atoms with E-state index < -0.39 is 10.0 Å². The largest absolute Gasteiger partial charge is 0.493 e. The fourth-order valence-electron chi connectivity index (χ4n) is 5.21. The number of sulfonamides is 1. The molecule has 0 saturated carbocycles. The Labute approximate surface area is 216 Å². The molecule has 2 N–H and O–H groups in total. The summed E-state index contributed by atoms with van der Waals surface area (Å²) >= 11 is 0. The van der Waals surface area contributed by atoms with Crippen LogP contribution in [-0.4, -0.2) is 88.4 Å². The number of aromatic nitrogens is 4. The molecule has 0 amide bonds. The number of hydrogen-bond acceptors (Lipinski definition) is 8. The van der Waals surface area contributed by atoms with Gasteiger partial charge in [0.2, 0.25) is 10.0 Å². The van der Waals surface area contributed by atoms with Gasteiger partial charge in [-0.05, 0) is 37.5 Å². The Morgan fingerprint density at radius 3 is 2.59 bits per heavy atom. The van der Waals surface area contributed by atoms with Crippen LogP contribution in [0.4, 0.5) is 0 Å². The van der Waals surface area contributed by atoms with Crippen LogP contribution in [-0.2, 0) is 23.5 Å². The first-order chi connectivity index (χ1) is 17.7. The van der Waals surface area contributed by atoms with Crippen LogP contribution < -0.4 is 10.3 Å². The van der Waals surface area contributed by atoms with Crippen LogP contribution in [0.1, 0.15) is 26.0 Å². The zero-order chi connectivity index (χ0) is 26.3. The fourth-order valence-corrected chi connectivity index (χ4v) is 6.82. The van der Waals surface area contributed by atoms with Crippen molar-refractivity contribution in [2.75, 3.05) is 45.9 Å². The first kappa shape index (κ1) is 25.8. The molecule has 2 aromatic heterocycles. The van der Waals surface area contributed by atoms with E-state index in [2.05, 4.69) is 15.0 Å². The average Bonchev–Trinajstić information content (AvgIpc) is 3.13. The van der Waals surface area contributed by atoms with E-state index in [0.717, 1.165) is 31.7 Å². The number of H-pyrrole nitrogens is 1. The summed E-state index contributed by atoms with van der Waals surface area (Å²) in [6.45, 7) is 7.96. The molecular weight excluding hydrogens is 496 g/mol. The number of hydrogen-bond donors (Lipinski definition) is 2. The zero-order valence-electron chi connectivity index (χ0n) is 21.5. The molecule has 3 aromatic rings. The smallest absolute Gasteiger partial charge is 0.277 e. The molecule has 11 nitrogen and oxygen atoms in total. The Balaban J connectivity index is 1.44. The number of fused-ring (bicyclic) bond motifs is 1. The molecule has 200 valence electrons. The van der Waals surface area contributed by atoms with Crippen molar-refractivity contribution >= 4 is 21.1 Å². The average molecular weight is 531 g/mol. The molecule has 4 heterocycles. The first-order valence-electron chi connectivity index (χ1n) is 12.8. The first-order valence-corrected chi connectivity index (χ1v) is 14.3. The SMILES string of the molecule is CCCc1nn(C)c2c(=O)[nH]c(-c3cc(S(=O)(=O)N4CC(CN5CC(CO)C5)C4)ccc3OCC)nc12. The minimum Gasteiger partial charge on any atom is -0.493 e. The van der Waals surface area contributed by atoms with E-state index in [-0.39, 0.29) is 28.8 Å². The van der Waals surface area contributed by atoms with Gasteiger partial charge in [-0.1, -0.05) is 13.3 Å². The molecule has 1 aromatic carbocycles. The van der Waals surface area contributed by atoms with Crippen LogP contribution in [0.5, 0.6) is 5.75 Å². The lowest BCUT2D eigenvalue weighted by atomic mass is 9.96. The van der Waals surface area contributed by atoms with E-state index >= 15 is 0 Å². The van der Waals surface area contributed by atoms with Gasteiger partial charge in [-0.15, -0.1) is 0 Å². The van der Waals surface area contributed by atoms with Gasteiger partial charge in [-0.3, -0.25) is 9.48 Å². The van der Waals surface area contributed by atoms with E-state index in [0.29, 0.717) is 54.4 Å². The Morgan fingerprint density at radius 2 is 1.92 bits per heavy atom. The van der Waals surface area contributed by atoms with Gasteiger partial charge in [0.25, 0.3) is 5.56 Å². The van der Waals surface area contributed by atoms with Crippen molar-refractivity contribution in [1.29, 1.82) is 0 Å². The molecule has 37 heavy (non-hydrogen) atoms. The van der Waals surface area contributed by atoms with Crippen molar-refractivity contribution in [2.45, 2.75) is 31.6 Å². The van der Waals surface area contributed by atoms with Crippen LogP contribution in [0.2, 0.25) is 0 Å². The number of likely N-dealkylation sites (tertiary alicyclic amines) is 1. The minimum absolute atomic E-state index is 0.136. The summed E-state index contributed by atoms with van der Waals surface area (Å²) in [6, 6.07) is 4.70. The summed E-state index contributed by atoms with van der Waals surface area (Å²) < 4.78 is 35.7. The maximum absolute atomic E-state index is 13.4. The lowest BCUT2D eigenvalue weighted by molar-refractivity contribution is 0.0229. The number of benzene rings is 1. The Hall–Kier alpha value is -2.80. The van der Waals surface area contributed by atoms with Crippen molar-refractivity contribution in [3.63, 3.8) is 0 Å². The minimum atomic E-state index is -3.72. The molecular formula is C25H34N6O5S. The number of aliphatic hydroxyl groups is 1. The van der Waals surface area contributed by atoms with Crippen LogP contribution in [0.15, 0.2) is 27.9 Å². The highest BCUT2D eigenvalue weighted by Crippen LogP contribution is 2.34. The quantitative estimate of drug-likeness (QED) is 0.400. The van der Waals surface area contributed by atoms with Crippen LogP contribution in [0.25, 0.3) is 22.4 Å². The number of rotatable bonds is 10. The van der Waals surface area contributed by atoms with E-state index in [4.69, 9.17) is 9.72 Å². The van der Waals surface area contributed by atoms with Crippen molar-refractivity contribution in [2.24, 2.45) is 18.9 Å². The van der Waals surface area contributed by atoms with Gasteiger partial charge in [-0.2, -0.15) is 9.40 Å². The van der Waals surface area contributed by atoms with E-state index in [1.54, 1.807) is 19.2 Å². The lowest BCUT2D eigenvalue weighted by Gasteiger charge is -2.45. The summed E-state index contributed by atoms with van der Waals surface area (Å²) in [4.78, 5) is 22.9. The number of aliphatic hydroxyl groups excluding tert-OH is 1. The number of aryl methyl sites for hydroxylation is 2. The predicted molar refractivity (Wildman–Crippen MR) is 139 cm³/mol. The highest BCUT2D eigenvalue weighted by molar-refractivity contribution is 7.89. The molecule has 0 spiro atoms. The molecule has 0 unspecified atom stereocenters. The molecule has 2 aliphatic rings. The molecule has 2 fully saturated rings. The molecule has 0 aliphatic carbocycles. The lowest BCUT2D eigenvalue weighted by Crippen LogP contribution is -2.57. The Kier molecular flexibility index (Phi) is 7.10. The second-order valence-electron chi connectivity index (χ2n) is 9.98. The summed E-state index contributed by atoms with van der Waals surface area (Å²) in [7, 11) is -2.01. The molecule has 0 atom stereocenters. The third-order valence-corrected chi connectivity index (χ3v) is 8.95. The monoisotopic (exact) mass is 530 g/mol. The van der Waals surface area contributed by atoms with Crippen molar-refractivity contribution in [3.8, 4) is 17.1 Å². The van der Waals surface area contributed by atoms with Gasteiger partial charge in [0.15, 0.2) is 5.52 Å². The summed E-state index contributed by atoms with van der Waals surface area (Å²) in [6.07, 6.45) is 1.53. The highest BCUT2D eigenvalue weighted by atomic mass is 32.2. The maximum Gasteiger partial charge on any atom is 0.277 e. The van der Waals surface area contributed by atoms with E-state index in [1.165, 1.54) is 15.1 Å². The molecule has 0 radical (unpaired) electrons. The highest BCUT2D eigenvalue weighted by Gasteiger charge is 2.39. The van der Waals surface area contributed by atoms with Gasteiger partial charge >= 0.3 is 0 Å². The second-order valence-corrected chi connectivity index (χ2v) is 11.9. The Morgan fingerprint density at radius 1 is 1.16 bits per heavy atom. The maximum atomic E-state index is 13.4. The van der Waals surface area contributed by atoms with Gasteiger partial charge in [0.1, 0.15) is 17.1 Å². The van der Waals surface area contributed by atoms with Gasteiger partial charge in [0.05, 0.1) is 22.8 Å². The van der Waals surface area contributed by atoms with Crippen molar-refractivity contribution in [1.82, 2.24) is 29.0 Å². The van der Waals surface area contributed by atoms with E-state index in [9.17, 15) is 18.3 Å². The van der Waals surface area contributed by atoms with Crippen LogP contribution in [0.3, 0.4) is 0 Å². The molecule has 2 aliphatic heterocycles. The van der Waals surface area contributed by atoms with Gasteiger partial charge in [-0.25, -0.2) is 13.4 Å². The fraction of sp³-hybridized carbons (Fsp3) is 0.560. The zero-order valence-corrected chi connectivity index (χ0v) is 22.3. The summed E-state index contributed by atoms with van der Waals surface area (Å²) in [5.74, 6) is 1.31. The summed E-state index contributed by atoms with van der Waals surface area (Å²) in [5.41, 5.74) is 1.70. The molecule has 2 saturated heterocycles. The Bertz CT molecular complexity index is 1450. The number of nitrogens with one attached hydrogen (secondary N) is 1. The van der Waals surface area contributed by atoms with Crippen LogP contribution in [0, 0.1) is 11.8 Å². The van der Waals surface area contributed by atoms with Gasteiger partial charge in [0, 0.05) is 52.3 Å². The third kappa shape index (κ3) is 4.78. The topological polar surface area (TPSA) is 134 Å². The predicted octanol–water partition coefficient (Wildman–Crippen LogP) is 1.22. The molecule has 5 rings (SSSR count). The molecule has 12 heteroatoms. The number of nitrogens with zero attached hydrogens (tertiary/aromatic N) is 5. The van der Waals surface area contributed by atoms with Crippen LogP contribution >= 0.6 is 0 Å². The second kappa shape index (κ2) is 10.2. The normalized spacial score (nSPS) is 17.7.